The Morgan fingerprint density at radius 1 is 1.36 bits per heavy atom. The first-order chi connectivity index (χ1) is 11.8. The quantitative estimate of drug-likeness (QED) is 0.775. The van der Waals surface area contributed by atoms with Crippen LogP contribution in [0.25, 0.3) is 0 Å². The SMILES string of the molecule is Cc1nn(Cc2ccc(F)cc2Cl)c(C)c1NC(=O)c1cnn(C)c1. The highest BCUT2D eigenvalue weighted by Gasteiger charge is 2.17. The Morgan fingerprint density at radius 3 is 2.76 bits per heavy atom. The van der Waals surface area contributed by atoms with Gasteiger partial charge in [0, 0.05) is 18.3 Å². The number of amides is 1. The summed E-state index contributed by atoms with van der Waals surface area (Å²) < 4.78 is 16.5. The van der Waals surface area contributed by atoms with Crippen LogP contribution in [0, 0.1) is 19.7 Å². The summed E-state index contributed by atoms with van der Waals surface area (Å²) in [6.07, 6.45) is 3.14. The molecule has 2 aromatic heterocycles. The Labute approximate surface area is 149 Å². The molecule has 0 spiro atoms. The predicted octanol–water partition coefficient (Wildman–Crippen LogP) is 3.33. The second-order valence-electron chi connectivity index (χ2n) is 5.80. The highest BCUT2D eigenvalue weighted by Crippen LogP contribution is 2.24. The van der Waals surface area contributed by atoms with Crippen molar-refractivity contribution in [1.82, 2.24) is 19.6 Å². The van der Waals surface area contributed by atoms with Gasteiger partial charge in [0.2, 0.25) is 0 Å². The fourth-order valence-corrected chi connectivity index (χ4v) is 2.79. The number of benzene rings is 1. The minimum atomic E-state index is -0.383. The summed E-state index contributed by atoms with van der Waals surface area (Å²) in [5, 5.41) is 11.7. The molecule has 0 unspecified atom stereocenters. The topological polar surface area (TPSA) is 64.7 Å². The molecule has 8 heteroatoms. The third-order valence-electron chi connectivity index (χ3n) is 3.92. The Balaban J connectivity index is 1.84. The van der Waals surface area contributed by atoms with Crippen LogP contribution in [-0.2, 0) is 13.6 Å². The summed E-state index contributed by atoms with van der Waals surface area (Å²) >= 11 is 6.08. The van der Waals surface area contributed by atoms with Crippen molar-refractivity contribution in [3.63, 3.8) is 0 Å². The molecule has 0 aliphatic carbocycles. The molecule has 0 fully saturated rings. The molecule has 3 aromatic rings. The molecule has 1 amide bonds. The second-order valence-corrected chi connectivity index (χ2v) is 6.20. The first kappa shape index (κ1) is 17.2. The minimum Gasteiger partial charge on any atom is -0.319 e. The molecule has 1 N–H and O–H groups in total. The molecule has 25 heavy (non-hydrogen) atoms. The first-order valence-corrected chi connectivity index (χ1v) is 8.01. The van der Waals surface area contributed by atoms with Crippen LogP contribution in [0.3, 0.4) is 0 Å². The highest BCUT2D eigenvalue weighted by molar-refractivity contribution is 6.31. The van der Waals surface area contributed by atoms with Gasteiger partial charge < -0.3 is 5.32 Å². The van der Waals surface area contributed by atoms with Crippen LogP contribution >= 0.6 is 11.6 Å². The molecular weight excluding hydrogens is 345 g/mol. The van der Waals surface area contributed by atoms with Gasteiger partial charge in [-0.15, -0.1) is 0 Å². The maximum absolute atomic E-state index is 13.2. The summed E-state index contributed by atoms with van der Waals surface area (Å²) in [5.41, 5.74) is 3.34. The average Bonchev–Trinajstić information content (AvgIpc) is 3.09. The Hall–Kier alpha value is -2.67. The van der Waals surface area contributed by atoms with E-state index in [4.69, 9.17) is 11.6 Å². The molecule has 130 valence electrons. The van der Waals surface area contributed by atoms with Gasteiger partial charge in [-0.2, -0.15) is 10.2 Å². The highest BCUT2D eigenvalue weighted by atomic mass is 35.5. The predicted molar refractivity (Wildman–Crippen MR) is 93.4 cm³/mol. The van der Waals surface area contributed by atoms with Gasteiger partial charge in [0.05, 0.1) is 35.4 Å². The third kappa shape index (κ3) is 3.56. The number of carbonyl (C=O) groups is 1. The van der Waals surface area contributed by atoms with Crippen molar-refractivity contribution in [2.24, 2.45) is 7.05 Å². The van der Waals surface area contributed by atoms with E-state index in [1.54, 1.807) is 28.7 Å². The van der Waals surface area contributed by atoms with E-state index < -0.39 is 0 Å². The monoisotopic (exact) mass is 361 g/mol. The Bertz CT molecular complexity index is 947. The lowest BCUT2D eigenvalue weighted by molar-refractivity contribution is 0.102. The zero-order valence-electron chi connectivity index (χ0n) is 14.0. The van der Waals surface area contributed by atoms with Crippen LogP contribution in [0.15, 0.2) is 30.6 Å². The summed E-state index contributed by atoms with van der Waals surface area (Å²) in [6.45, 7) is 4.06. The molecular formula is C17H17ClFN5O. The van der Waals surface area contributed by atoms with Crippen LogP contribution in [-0.4, -0.2) is 25.5 Å². The summed E-state index contributed by atoms with van der Waals surface area (Å²) in [7, 11) is 1.75. The van der Waals surface area contributed by atoms with E-state index in [-0.39, 0.29) is 11.7 Å². The molecule has 0 radical (unpaired) electrons. The number of hydrogen-bond acceptors (Lipinski definition) is 3. The van der Waals surface area contributed by atoms with Crippen LogP contribution in [0.5, 0.6) is 0 Å². The van der Waals surface area contributed by atoms with Gasteiger partial charge in [0.25, 0.3) is 5.91 Å². The Kier molecular flexibility index (Phi) is 4.59. The molecule has 0 saturated carbocycles. The lowest BCUT2D eigenvalue weighted by Gasteiger charge is -2.08. The molecule has 0 atom stereocenters. The number of hydrogen-bond donors (Lipinski definition) is 1. The molecule has 3 rings (SSSR count). The normalized spacial score (nSPS) is 10.9. The van der Waals surface area contributed by atoms with E-state index in [9.17, 15) is 9.18 Å². The van der Waals surface area contributed by atoms with E-state index >= 15 is 0 Å². The van der Waals surface area contributed by atoms with Crippen LogP contribution in [0.1, 0.15) is 27.3 Å². The number of nitrogens with one attached hydrogen (secondary N) is 1. The van der Waals surface area contributed by atoms with Gasteiger partial charge in [-0.3, -0.25) is 14.2 Å². The zero-order valence-corrected chi connectivity index (χ0v) is 14.8. The second kappa shape index (κ2) is 6.68. The molecule has 0 aliphatic heterocycles. The fourth-order valence-electron chi connectivity index (χ4n) is 2.57. The largest absolute Gasteiger partial charge is 0.319 e. The lowest BCUT2D eigenvalue weighted by atomic mass is 10.2. The van der Waals surface area contributed by atoms with E-state index in [1.165, 1.54) is 18.3 Å². The van der Waals surface area contributed by atoms with E-state index in [0.717, 1.165) is 11.3 Å². The van der Waals surface area contributed by atoms with E-state index in [0.29, 0.717) is 28.5 Å². The van der Waals surface area contributed by atoms with Crippen molar-refractivity contribution in [2.45, 2.75) is 20.4 Å². The molecule has 0 bridgehead atoms. The van der Waals surface area contributed by atoms with Gasteiger partial charge >= 0.3 is 0 Å². The number of nitrogens with zero attached hydrogens (tertiary/aromatic N) is 4. The van der Waals surface area contributed by atoms with Gasteiger partial charge in [-0.1, -0.05) is 17.7 Å². The smallest absolute Gasteiger partial charge is 0.258 e. The van der Waals surface area contributed by atoms with Crippen LogP contribution in [0.2, 0.25) is 5.02 Å². The molecule has 0 aliphatic rings. The molecule has 6 nitrogen and oxygen atoms in total. The maximum atomic E-state index is 13.2. The molecule has 1 aromatic carbocycles. The van der Waals surface area contributed by atoms with Crippen LogP contribution < -0.4 is 5.32 Å². The number of carbonyl (C=O) groups excluding carboxylic acids is 1. The number of halogens is 2. The van der Waals surface area contributed by atoms with Crippen molar-refractivity contribution < 1.29 is 9.18 Å². The van der Waals surface area contributed by atoms with E-state index in [1.807, 2.05) is 13.8 Å². The third-order valence-corrected chi connectivity index (χ3v) is 4.27. The van der Waals surface area contributed by atoms with Crippen molar-refractivity contribution in [2.75, 3.05) is 5.32 Å². The number of anilines is 1. The Morgan fingerprint density at radius 2 is 2.12 bits per heavy atom. The van der Waals surface area contributed by atoms with Crippen LogP contribution in [0.4, 0.5) is 10.1 Å². The fraction of sp³-hybridized carbons (Fsp3) is 0.235. The average molecular weight is 362 g/mol. The van der Waals surface area contributed by atoms with Crippen molar-refractivity contribution in [1.29, 1.82) is 0 Å². The molecule has 0 saturated heterocycles. The van der Waals surface area contributed by atoms with Crippen molar-refractivity contribution in [3.8, 4) is 0 Å². The lowest BCUT2D eigenvalue weighted by Crippen LogP contribution is -2.13. The van der Waals surface area contributed by atoms with Gasteiger partial charge in [-0.25, -0.2) is 4.39 Å². The number of aromatic nitrogens is 4. The molecule has 2 heterocycles. The minimum absolute atomic E-state index is 0.251. The standard InChI is InChI=1S/C17H17ClFN5O/c1-10-16(21-17(25)13-7-20-23(3)8-13)11(2)24(22-10)9-12-4-5-14(19)6-15(12)18/h4-8H,9H2,1-3H3,(H,21,25). The van der Waals surface area contributed by atoms with Gasteiger partial charge in [0.15, 0.2) is 0 Å². The van der Waals surface area contributed by atoms with Gasteiger partial charge in [-0.05, 0) is 31.5 Å². The number of rotatable bonds is 4. The summed E-state index contributed by atoms with van der Waals surface area (Å²) in [5.74, 6) is -0.634. The summed E-state index contributed by atoms with van der Waals surface area (Å²) in [4.78, 5) is 12.3. The van der Waals surface area contributed by atoms with E-state index in [2.05, 4.69) is 15.5 Å². The number of aryl methyl sites for hydroxylation is 2. The van der Waals surface area contributed by atoms with Gasteiger partial charge in [0.1, 0.15) is 5.82 Å². The van der Waals surface area contributed by atoms with Crippen molar-refractivity contribution >= 4 is 23.2 Å². The van der Waals surface area contributed by atoms with Crippen molar-refractivity contribution in [3.05, 3.63) is 63.9 Å². The first-order valence-electron chi connectivity index (χ1n) is 7.63. The zero-order chi connectivity index (χ0) is 18.1. The summed E-state index contributed by atoms with van der Waals surface area (Å²) in [6, 6.07) is 4.26. The maximum Gasteiger partial charge on any atom is 0.258 e.